The van der Waals surface area contributed by atoms with Crippen molar-refractivity contribution < 1.29 is 17.6 Å². The quantitative estimate of drug-likeness (QED) is 0.385. The highest BCUT2D eigenvalue weighted by molar-refractivity contribution is 7.22. The molecule has 0 bridgehead atoms. The van der Waals surface area contributed by atoms with Crippen molar-refractivity contribution in [3.8, 4) is 11.3 Å². The molecule has 1 unspecified atom stereocenters. The molecule has 1 aliphatic rings. The van der Waals surface area contributed by atoms with E-state index < -0.39 is 35.4 Å². The molecule has 7 nitrogen and oxygen atoms in total. The molecule has 4 rings (SSSR count). The summed E-state index contributed by atoms with van der Waals surface area (Å²) in [5, 5.41) is 8.38. The van der Waals surface area contributed by atoms with E-state index in [-0.39, 0.29) is 30.5 Å². The number of nitrogens with zero attached hydrogens (tertiary/aromatic N) is 3. The lowest BCUT2D eigenvalue weighted by Crippen LogP contribution is -2.34. The van der Waals surface area contributed by atoms with Crippen LogP contribution in [0.4, 0.5) is 17.6 Å². The van der Waals surface area contributed by atoms with Gasteiger partial charge in [0.2, 0.25) is 12.3 Å². The fourth-order valence-electron chi connectivity index (χ4n) is 3.96. The van der Waals surface area contributed by atoms with Crippen molar-refractivity contribution in [1.29, 1.82) is 0 Å². The summed E-state index contributed by atoms with van der Waals surface area (Å²) in [7, 11) is 3.45. The minimum atomic E-state index is -2.74. The number of aromatic nitrogens is 5. The molecular weight excluding hydrogens is 473 g/mol. The fraction of sp³-hybridized carbons (Fsp3) is 0.364. The van der Waals surface area contributed by atoms with Gasteiger partial charge in [0, 0.05) is 48.3 Å². The second-order valence-electron chi connectivity index (χ2n) is 8.31. The summed E-state index contributed by atoms with van der Waals surface area (Å²) in [4.78, 5) is 31.9. The molecule has 0 saturated heterocycles. The lowest BCUT2D eigenvalue weighted by atomic mass is 9.78. The van der Waals surface area contributed by atoms with E-state index in [0.29, 0.717) is 27.8 Å². The van der Waals surface area contributed by atoms with E-state index in [4.69, 9.17) is 0 Å². The van der Waals surface area contributed by atoms with Crippen LogP contribution in [0.3, 0.4) is 0 Å². The van der Waals surface area contributed by atoms with Gasteiger partial charge in [-0.05, 0) is 42.4 Å². The number of aryl methyl sites for hydroxylation is 1. The first-order chi connectivity index (χ1) is 16.0. The Morgan fingerprint density at radius 2 is 1.97 bits per heavy atom. The SMILES string of the molecule is Cc1nnc(-c2c[nH]c(=O)[nH]c2=O)cc1C(=P)CC(c1ccnc(C2CC(F)(F)C2)c1)C(F)F. The van der Waals surface area contributed by atoms with Gasteiger partial charge in [0.05, 0.1) is 11.3 Å². The van der Waals surface area contributed by atoms with Crippen LogP contribution in [0.2, 0.25) is 0 Å². The van der Waals surface area contributed by atoms with E-state index in [9.17, 15) is 27.2 Å². The largest absolute Gasteiger partial charge is 0.325 e. The third kappa shape index (κ3) is 4.99. The van der Waals surface area contributed by atoms with Crippen LogP contribution in [-0.4, -0.2) is 42.8 Å². The molecule has 1 saturated carbocycles. The molecule has 3 heterocycles. The van der Waals surface area contributed by atoms with Crippen LogP contribution in [0.15, 0.2) is 40.2 Å². The number of rotatable bonds is 7. The fourth-order valence-corrected chi connectivity index (χ4v) is 4.43. The monoisotopic (exact) mass is 493 g/mol. The number of halogens is 4. The molecule has 12 heteroatoms. The Morgan fingerprint density at radius 3 is 2.62 bits per heavy atom. The molecule has 0 aromatic carbocycles. The van der Waals surface area contributed by atoms with Gasteiger partial charge in [-0.3, -0.25) is 14.8 Å². The first-order valence-corrected chi connectivity index (χ1v) is 10.9. The number of H-pyrrole nitrogens is 2. The maximum absolute atomic E-state index is 14.1. The summed E-state index contributed by atoms with van der Waals surface area (Å²) in [6.07, 6.45) is -0.973. The van der Waals surface area contributed by atoms with Gasteiger partial charge in [-0.15, -0.1) is 14.0 Å². The Morgan fingerprint density at radius 1 is 1.24 bits per heavy atom. The van der Waals surface area contributed by atoms with Crippen molar-refractivity contribution in [1.82, 2.24) is 25.1 Å². The van der Waals surface area contributed by atoms with E-state index >= 15 is 0 Å². The summed E-state index contributed by atoms with van der Waals surface area (Å²) in [6.45, 7) is 1.64. The zero-order valence-electron chi connectivity index (χ0n) is 17.9. The van der Waals surface area contributed by atoms with Gasteiger partial charge in [-0.25, -0.2) is 22.4 Å². The number of alkyl halides is 4. The first-order valence-electron chi connectivity index (χ1n) is 10.4. The summed E-state index contributed by atoms with van der Waals surface area (Å²) < 4.78 is 54.6. The summed E-state index contributed by atoms with van der Waals surface area (Å²) in [5.74, 6) is -4.43. The lowest BCUT2D eigenvalue weighted by molar-refractivity contribution is -0.0876. The van der Waals surface area contributed by atoms with Crippen molar-refractivity contribution in [2.75, 3.05) is 0 Å². The summed E-state index contributed by atoms with van der Waals surface area (Å²) in [6, 6.07) is 4.45. The van der Waals surface area contributed by atoms with E-state index in [1.165, 1.54) is 30.6 Å². The van der Waals surface area contributed by atoms with E-state index in [2.05, 4.69) is 34.0 Å². The molecule has 0 radical (unpaired) electrons. The molecule has 0 amide bonds. The average molecular weight is 493 g/mol. The van der Waals surface area contributed by atoms with Crippen LogP contribution in [0, 0.1) is 6.92 Å². The normalized spacial score (nSPS) is 16.3. The Labute approximate surface area is 192 Å². The minimum Gasteiger partial charge on any atom is -0.313 e. The van der Waals surface area contributed by atoms with Crippen molar-refractivity contribution >= 4 is 14.2 Å². The highest BCUT2D eigenvalue weighted by Gasteiger charge is 2.46. The van der Waals surface area contributed by atoms with Gasteiger partial charge in [0.15, 0.2) is 0 Å². The Kier molecular flexibility index (Phi) is 6.49. The van der Waals surface area contributed by atoms with Crippen molar-refractivity contribution in [2.45, 2.75) is 50.4 Å². The molecule has 1 aliphatic carbocycles. The van der Waals surface area contributed by atoms with Gasteiger partial charge in [0.1, 0.15) is 5.69 Å². The third-order valence-corrected chi connectivity index (χ3v) is 6.34. The Hall–Kier alpha value is -3.20. The summed E-state index contributed by atoms with van der Waals surface area (Å²) in [5.41, 5.74) is 0.450. The van der Waals surface area contributed by atoms with Gasteiger partial charge >= 0.3 is 5.69 Å². The number of hydrogen-bond acceptors (Lipinski definition) is 5. The van der Waals surface area contributed by atoms with Crippen LogP contribution in [0.1, 0.15) is 53.6 Å². The highest BCUT2D eigenvalue weighted by atomic mass is 31.0. The van der Waals surface area contributed by atoms with E-state index in [1.807, 2.05) is 0 Å². The number of nitrogens with one attached hydrogen (secondary N) is 2. The highest BCUT2D eigenvalue weighted by Crippen LogP contribution is 2.48. The maximum atomic E-state index is 14.1. The van der Waals surface area contributed by atoms with Crippen LogP contribution >= 0.6 is 8.86 Å². The van der Waals surface area contributed by atoms with Crippen molar-refractivity contribution in [3.63, 3.8) is 0 Å². The standard InChI is InChI=1S/C22H20F4N5O2P/c1-10-13(5-17(31-30-10)15-9-28-21(33)29-20(15)32)18(34)6-14(19(23)24)11-2-3-27-16(4-11)12-7-22(25,26)8-12/h2-5,9,12,14,19,34H,6-8H2,1H3,(H2,28,29,32,33). The van der Waals surface area contributed by atoms with Crippen LogP contribution in [-0.2, 0) is 0 Å². The topological polar surface area (TPSA) is 104 Å². The van der Waals surface area contributed by atoms with Gasteiger partial charge < -0.3 is 4.98 Å². The van der Waals surface area contributed by atoms with Crippen LogP contribution in [0.5, 0.6) is 0 Å². The first kappa shape index (κ1) is 23.9. The minimum absolute atomic E-state index is 0.0642. The van der Waals surface area contributed by atoms with Crippen molar-refractivity contribution in [3.05, 3.63) is 73.9 Å². The van der Waals surface area contributed by atoms with E-state index in [1.54, 1.807) is 6.92 Å². The van der Waals surface area contributed by atoms with Gasteiger partial charge in [-0.1, -0.05) is 0 Å². The molecule has 0 spiro atoms. The maximum Gasteiger partial charge on any atom is 0.325 e. The van der Waals surface area contributed by atoms with Crippen LogP contribution in [0.25, 0.3) is 11.3 Å². The Bertz CT molecular complexity index is 1350. The molecule has 3 aromatic rings. The molecule has 2 N–H and O–H groups in total. The second-order valence-corrected chi connectivity index (χ2v) is 8.92. The number of hydrogen-bond donors (Lipinski definition) is 2. The van der Waals surface area contributed by atoms with Crippen LogP contribution < -0.4 is 11.2 Å². The molecule has 3 aromatic heterocycles. The second kappa shape index (κ2) is 9.21. The lowest BCUT2D eigenvalue weighted by Gasteiger charge is -2.34. The predicted octanol–water partition coefficient (Wildman–Crippen LogP) is 3.84. The number of pyridine rings is 1. The molecule has 34 heavy (non-hydrogen) atoms. The summed E-state index contributed by atoms with van der Waals surface area (Å²) >= 11 is 0. The molecule has 0 aliphatic heterocycles. The van der Waals surface area contributed by atoms with Gasteiger partial charge in [-0.2, -0.15) is 5.10 Å². The number of aromatic amines is 2. The predicted molar refractivity (Wildman–Crippen MR) is 120 cm³/mol. The van der Waals surface area contributed by atoms with Gasteiger partial charge in [0.25, 0.3) is 5.56 Å². The zero-order valence-corrected chi connectivity index (χ0v) is 18.9. The molecule has 178 valence electrons. The molecule has 1 atom stereocenters. The smallest absolute Gasteiger partial charge is 0.313 e. The van der Waals surface area contributed by atoms with Crippen molar-refractivity contribution in [2.24, 2.45) is 0 Å². The zero-order chi connectivity index (χ0) is 24.6. The Balaban J connectivity index is 1.60. The molecule has 1 fully saturated rings. The third-order valence-electron chi connectivity index (χ3n) is 5.87. The van der Waals surface area contributed by atoms with E-state index in [0.717, 1.165) is 0 Å². The average Bonchev–Trinajstić information content (AvgIpc) is 2.76. The molecular formula is C22H20F4N5O2P.